The molecule has 2 N–H and O–H groups in total. The largest absolute Gasteiger partial charge is 0.465 e. The first-order chi connectivity index (χ1) is 10.5. The van der Waals surface area contributed by atoms with Gasteiger partial charge in [-0.15, -0.1) is 12.4 Å². The van der Waals surface area contributed by atoms with E-state index in [4.69, 9.17) is 9.47 Å². The number of rotatable bonds is 4. The molecule has 0 saturated carbocycles. The Morgan fingerprint density at radius 1 is 1.22 bits per heavy atom. The Balaban J connectivity index is 0.00000264. The second-order valence-electron chi connectivity index (χ2n) is 5.42. The lowest BCUT2D eigenvalue weighted by Gasteiger charge is -2.34. The highest BCUT2D eigenvalue weighted by atomic mass is 35.5. The number of piperidine rings is 1. The summed E-state index contributed by atoms with van der Waals surface area (Å²) in [6.45, 7) is 3.30. The number of esters is 1. The van der Waals surface area contributed by atoms with Crippen LogP contribution in [0.1, 0.15) is 28.8 Å². The van der Waals surface area contributed by atoms with Gasteiger partial charge in [-0.25, -0.2) is 4.79 Å². The number of carbonyl (C=O) groups is 2. The van der Waals surface area contributed by atoms with Crippen LogP contribution in [0, 0.1) is 6.92 Å². The Morgan fingerprint density at radius 3 is 2.43 bits per heavy atom. The van der Waals surface area contributed by atoms with Crippen molar-refractivity contribution in [1.29, 1.82) is 0 Å². The first kappa shape index (κ1) is 19.4. The lowest BCUT2D eigenvalue weighted by molar-refractivity contribution is -0.140. The molecule has 0 unspecified atom stereocenters. The van der Waals surface area contributed by atoms with Crippen LogP contribution in [0.15, 0.2) is 18.2 Å². The van der Waals surface area contributed by atoms with Crippen LogP contribution >= 0.6 is 12.4 Å². The number of hydrogen-bond donors (Lipinski definition) is 2. The Bertz CT molecular complexity index is 571. The lowest BCUT2D eigenvalue weighted by Crippen LogP contribution is -2.51. The van der Waals surface area contributed by atoms with Crippen molar-refractivity contribution in [3.05, 3.63) is 29.3 Å². The molecule has 0 radical (unpaired) electrons. The molecule has 1 heterocycles. The minimum absolute atomic E-state index is 0. The van der Waals surface area contributed by atoms with Crippen LogP contribution < -0.4 is 10.6 Å². The summed E-state index contributed by atoms with van der Waals surface area (Å²) in [5, 5.41) is 6.06. The normalized spacial score (nSPS) is 16.1. The third-order valence-corrected chi connectivity index (χ3v) is 4.12. The van der Waals surface area contributed by atoms with Gasteiger partial charge < -0.3 is 20.1 Å². The number of benzene rings is 1. The molecule has 7 heteroatoms. The molecule has 1 fully saturated rings. The van der Waals surface area contributed by atoms with Crippen molar-refractivity contribution in [3.8, 4) is 0 Å². The van der Waals surface area contributed by atoms with Crippen LogP contribution in [-0.2, 0) is 14.3 Å². The van der Waals surface area contributed by atoms with Crippen LogP contribution in [0.5, 0.6) is 0 Å². The number of hydrogen-bond acceptors (Lipinski definition) is 5. The van der Waals surface area contributed by atoms with Crippen molar-refractivity contribution in [1.82, 2.24) is 5.32 Å². The second-order valence-corrected chi connectivity index (χ2v) is 5.42. The van der Waals surface area contributed by atoms with Crippen LogP contribution in [0.2, 0.25) is 0 Å². The molecule has 0 spiro atoms. The summed E-state index contributed by atoms with van der Waals surface area (Å²) >= 11 is 0. The van der Waals surface area contributed by atoms with Gasteiger partial charge in [0.1, 0.15) is 5.60 Å². The van der Waals surface area contributed by atoms with Crippen molar-refractivity contribution in [2.45, 2.75) is 25.4 Å². The molecule has 0 aliphatic carbocycles. The minimum Gasteiger partial charge on any atom is -0.465 e. The topological polar surface area (TPSA) is 76.7 Å². The number of ether oxygens (including phenoxy) is 2. The molecule has 128 valence electrons. The molecular weight excluding hydrogens is 320 g/mol. The zero-order valence-corrected chi connectivity index (χ0v) is 14.4. The van der Waals surface area contributed by atoms with Crippen molar-refractivity contribution in [2.75, 3.05) is 32.6 Å². The molecule has 23 heavy (non-hydrogen) atoms. The molecule has 1 aliphatic rings. The highest BCUT2D eigenvalue weighted by Crippen LogP contribution is 2.25. The van der Waals surface area contributed by atoms with Crippen LogP contribution in [0.25, 0.3) is 0 Å². The van der Waals surface area contributed by atoms with Crippen molar-refractivity contribution >= 4 is 30.0 Å². The van der Waals surface area contributed by atoms with Crippen molar-refractivity contribution < 1.29 is 19.1 Å². The molecule has 1 aliphatic heterocycles. The standard InChI is InChI=1S/C16H22N2O4.ClH/c1-11-4-5-12(10-13(11)14(19)21-2)18-15(20)16(22-3)6-8-17-9-7-16;/h4-5,10,17H,6-9H2,1-3H3,(H,18,20);1H. The van der Waals surface area contributed by atoms with Gasteiger partial charge in [0.25, 0.3) is 5.91 Å². The molecule has 1 amide bonds. The highest BCUT2D eigenvalue weighted by molar-refractivity contribution is 5.99. The first-order valence-electron chi connectivity index (χ1n) is 7.29. The van der Waals surface area contributed by atoms with Crippen molar-refractivity contribution in [2.24, 2.45) is 0 Å². The summed E-state index contributed by atoms with van der Waals surface area (Å²) in [7, 11) is 2.89. The van der Waals surface area contributed by atoms with E-state index in [2.05, 4.69) is 10.6 Å². The van der Waals surface area contributed by atoms with Gasteiger partial charge in [0.05, 0.1) is 12.7 Å². The van der Waals surface area contributed by atoms with Crippen LogP contribution in [0.4, 0.5) is 5.69 Å². The van der Waals surface area contributed by atoms with Gasteiger partial charge in [0.2, 0.25) is 0 Å². The number of anilines is 1. The number of halogens is 1. The maximum Gasteiger partial charge on any atom is 0.338 e. The molecule has 1 aromatic carbocycles. The van der Waals surface area contributed by atoms with Gasteiger partial charge >= 0.3 is 5.97 Å². The fourth-order valence-corrected chi connectivity index (χ4v) is 2.63. The van der Waals surface area contributed by atoms with E-state index in [0.717, 1.165) is 18.7 Å². The third-order valence-electron chi connectivity index (χ3n) is 4.12. The second kappa shape index (κ2) is 8.29. The Labute approximate surface area is 142 Å². The van der Waals surface area contributed by atoms with E-state index in [9.17, 15) is 9.59 Å². The van der Waals surface area contributed by atoms with E-state index < -0.39 is 11.6 Å². The fraction of sp³-hybridized carbons (Fsp3) is 0.500. The molecule has 0 aromatic heterocycles. The molecule has 2 rings (SSSR count). The number of carbonyl (C=O) groups excluding carboxylic acids is 2. The van der Waals surface area contributed by atoms with E-state index in [1.165, 1.54) is 7.11 Å². The zero-order valence-electron chi connectivity index (χ0n) is 13.6. The summed E-state index contributed by atoms with van der Waals surface area (Å²) in [6, 6.07) is 5.18. The SMILES string of the molecule is COC(=O)c1cc(NC(=O)C2(OC)CCNCC2)ccc1C.Cl. The fourth-order valence-electron chi connectivity index (χ4n) is 2.63. The van der Waals surface area contributed by atoms with Gasteiger partial charge in [0, 0.05) is 12.8 Å². The number of nitrogens with one attached hydrogen (secondary N) is 2. The average molecular weight is 343 g/mol. The number of methoxy groups -OCH3 is 2. The smallest absolute Gasteiger partial charge is 0.338 e. The number of amides is 1. The molecule has 0 bridgehead atoms. The van der Waals surface area contributed by atoms with E-state index in [0.29, 0.717) is 24.1 Å². The van der Waals surface area contributed by atoms with Gasteiger partial charge in [0.15, 0.2) is 0 Å². The van der Waals surface area contributed by atoms with Crippen LogP contribution in [0.3, 0.4) is 0 Å². The zero-order chi connectivity index (χ0) is 16.2. The predicted molar refractivity (Wildman–Crippen MR) is 90.2 cm³/mol. The van der Waals surface area contributed by atoms with E-state index in [1.807, 2.05) is 6.92 Å². The van der Waals surface area contributed by atoms with Crippen LogP contribution in [-0.4, -0.2) is 44.8 Å². The monoisotopic (exact) mass is 342 g/mol. The molecule has 6 nitrogen and oxygen atoms in total. The van der Waals surface area contributed by atoms with Gasteiger partial charge in [-0.2, -0.15) is 0 Å². The summed E-state index contributed by atoms with van der Waals surface area (Å²) in [5.41, 5.74) is 0.984. The Morgan fingerprint density at radius 2 is 1.87 bits per heavy atom. The predicted octanol–water partition coefficient (Wildman–Crippen LogP) is 1.91. The maximum atomic E-state index is 12.6. The van der Waals surface area contributed by atoms with E-state index in [-0.39, 0.29) is 18.3 Å². The number of aryl methyl sites for hydroxylation is 1. The maximum absolute atomic E-state index is 12.6. The van der Waals surface area contributed by atoms with E-state index >= 15 is 0 Å². The molecule has 1 saturated heterocycles. The summed E-state index contributed by atoms with van der Waals surface area (Å²) < 4.78 is 10.2. The van der Waals surface area contributed by atoms with Crippen molar-refractivity contribution in [3.63, 3.8) is 0 Å². The quantitative estimate of drug-likeness (QED) is 0.817. The van der Waals surface area contributed by atoms with Gasteiger partial charge in [-0.05, 0) is 50.6 Å². The molecule has 0 atom stereocenters. The van der Waals surface area contributed by atoms with Gasteiger partial charge in [-0.3, -0.25) is 4.79 Å². The highest BCUT2D eigenvalue weighted by Gasteiger charge is 2.39. The minimum atomic E-state index is -0.818. The molecule has 1 aromatic rings. The average Bonchev–Trinajstić information content (AvgIpc) is 2.56. The lowest BCUT2D eigenvalue weighted by atomic mass is 9.91. The third kappa shape index (κ3) is 4.22. The molecular formula is C16H23ClN2O4. The first-order valence-corrected chi connectivity index (χ1v) is 7.29. The summed E-state index contributed by atoms with van der Waals surface area (Å²) in [5.74, 6) is -0.604. The van der Waals surface area contributed by atoms with E-state index in [1.54, 1.807) is 25.3 Å². The summed E-state index contributed by atoms with van der Waals surface area (Å²) in [4.78, 5) is 24.3. The van der Waals surface area contributed by atoms with Gasteiger partial charge in [-0.1, -0.05) is 6.07 Å². The Kier molecular flexibility index (Phi) is 7.00. The summed E-state index contributed by atoms with van der Waals surface area (Å²) in [6.07, 6.45) is 1.23. The Hall–Kier alpha value is -1.63.